The van der Waals surface area contributed by atoms with Crippen molar-refractivity contribution in [3.05, 3.63) is 60.2 Å². The standard InChI is InChI=1S/C17H16O4/c1-12(16(18)17(19)20-2)13-7-6-10-15(11-13)21-14-8-4-3-5-9-14/h3-12H,1-2H3. The highest BCUT2D eigenvalue weighted by atomic mass is 16.5. The molecule has 4 nitrogen and oxygen atoms in total. The number of carbonyl (C=O) groups is 2. The SMILES string of the molecule is COC(=O)C(=O)C(C)c1cccc(Oc2ccccc2)c1. The second kappa shape index (κ2) is 6.70. The molecule has 0 bridgehead atoms. The van der Waals surface area contributed by atoms with Crippen molar-refractivity contribution in [3.63, 3.8) is 0 Å². The molecule has 1 atom stereocenters. The molecule has 0 N–H and O–H groups in total. The number of ether oxygens (including phenoxy) is 2. The predicted octanol–water partition coefficient (Wildman–Crippen LogP) is 3.32. The number of methoxy groups -OCH3 is 1. The second-order valence-electron chi connectivity index (χ2n) is 4.57. The summed E-state index contributed by atoms with van der Waals surface area (Å²) in [6, 6.07) is 16.5. The van der Waals surface area contributed by atoms with Gasteiger partial charge in [-0.1, -0.05) is 37.3 Å². The van der Waals surface area contributed by atoms with Crippen LogP contribution in [0.5, 0.6) is 11.5 Å². The lowest BCUT2D eigenvalue weighted by Gasteiger charge is -2.11. The molecule has 0 heterocycles. The molecule has 0 amide bonds. The first-order valence-corrected chi connectivity index (χ1v) is 6.57. The third-order valence-corrected chi connectivity index (χ3v) is 3.12. The van der Waals surface area contributed by atoms with Gasteiger partial charge in [-0.05, 0) is 29.8 Å². The van der Waals surface area contributed by atoms with Crippen molar-refractivity contribution in [2.45, 2.75) is 12.8 Å². The van der Waals surface area contributed by atoms with Crippen LogP contribution in [-0.2, 0) is 14.3 Å². The van der Waals surface area contributed by atoms with Gasteiger partial charge in [0.2, 0.25) is 5.78 Å². The van der Waals surface area contributed by atoms with Gasteiger partial charge in [0.15, 0.2) is 0 Å². The van der Waals surface area contributed by atoms with E-state index in [4.69, 9.17) is 4.74 Å². The van der Waals surface area contributed by atoms with E-state index in [1.165, 1.54) is 7.11 Å². The average Bonchev–Trinajstić information content (AvgIpc) is 2.54. The lowest BCUT2D eigenvalue weighted by Crippen LogP contribution is -2.21. The number of benzene rings is 2. The molecule has 21 heavy (non-hydrogen) atoms. The molecule has 0 aliphatic rings. The maximum atomic E-state index is 11.8. The van der Waals surface area contributed by atoms with Gasteiger partial charge in [-0.15, -0.1) is 0 Å². The lowest BCUT2D eigenvalue weighted by atomic mass is 9.96. The van der Waals surface area contributed by atoms with Crippen LogP contribution >= 0.6 is 0 Å². The van der Waals surface area contributed by atoms with E-state index < -0.39 is 17.7 Å². The Morgan fingerprint density at radius 3 is 2.29 bits per heavy atom. The van der Waals surface area contributed by atoms with Crippen molar-refractivity contribution in [3.8, 4) is 11.5 Å². The first kappa shape index (κ1) is 14.8. The van der Waals surface area contributed by atoms with Crippen LogP contribution in [-0.4, -0.2) is 18.9 Å². The fourth-order valence-corrected chi connectivity index (χ4v) is 1.90. The Morgan fingerprint density at radius 1 is 0.952 bits per heavy atom. The van der Waals surface area contributed by atoms with Crippen LogP contribution in [0.15, 0.2) is 54.6 Å². The topological polar surface area (TPSA) is 52.6 Å². The van der Waals surface area contributed by atoms with Gasteiger partial charge in [0, 0.05) is 0 Å². The lowest BCUT2D eigenvalue weighted by molar-refractivity contribution is -0.152. The zero-order valence-electron chi connectivity index (χ0n) is 11.9. The molecule has 0 saturated carbocycles. The van der Waals surface area contributed by atoms with Crippen molar-refractivity contribution in [2.24, 2.45) is 0 Å². The van der Waals surface area contributed by atoms with E-state index in [0.29, 0.717) is 17.1 Å². The highest BCUT2D eigenvalue weighted by Crippen LogP contribution is 2.25. The van der Waals surface area contributed by atoms with E-state index in [1.54, 1.807) is 31.2 Å². The third-order valence-electron chi connectivity index (χ3n) is 3.12. The van der Waals surface area contributed by atoms with Crippen molar-refractivity contribution < 1.29 is 19.1 Å². The Balaban J connectivity index is 2.18. The largest absolute Gasteiger partial charge is 0.463 e. The van der Waals surface area contributed by atoms with Crippen LogP contribution in [0.1, 0.15) is 18.4 Å². The summed E-state index contributed by atoms with van der Waals surface area (Å²) in [4.78, 5) is 23.1. The van der Waals surface area contributed by atoms with Gasteiger partial charge < -0.3 is 9.47 Å². The minimum Gasteiger partial charge on any atom is -0.463 e. The van der Waals surface area contributed by atoms with Gasteiger partial charge in [-0.25, -0.2) is 4.79 Å². The number of rotatable bonds is 5. The molecule has 4 heteroatoms. The summed E-state index contributed by atoms with van der Waals surface area (Å²) in [5, 5.41) is 0. The zero-order valence-corrected chi connectivity index (χ0v) is 11.9. The molecule has 0 spiro atoms. The van der Waals surface area contributed by atoms with Gasteiger partial charge in [-0.2, -0.15) is 0 Å². The Hall–Kier alpha value is -2.62. The average molecular weight is 284 g/mol. The molecule has 1 unspecified atom stereocenters. The van der Waals surface area contributed by atoms with Gasteiger partial charge in [0.25, 0.3) is 0 Å². The fraction of sp³-hybridized carbons (Fsp3) is 0.176. The van der Waals surface area contributed by atoms with Crippen LogP contribution < -0.4 is 4.74 Å². The van der Waals surface area contributed by atoms with Crippen LogP contribution in [0.2, 0.25) is 0 Å². The maximum Gasteiger partial charge on any atom is 0.374 e. The highest BCUT2D eigenvalue weighted by Gasteiger charge is 2.23. The minimum atomic E-state index is -0.836. The second-order valence-corrected chi connectivity index (χ2v) is 4.57. The monoisotopic (exact) mass is 284 g/mol. The summed E-state index contributed by atoms with van der Waals surface area (Å²) in [7, 11) is 1.20. The van der Waals surface area contributed by atoms with Crippen LogP contribution in [0, 0.1) is 0 Å². The summed E-state index contributed by atoms with van der Waals surface area (Å²) in [5.41, 5.74) is 0.707. The number of para-hydroxylation sites is 1. The van der Waals surface area contributed by atoms with Crippen LogP contribution in [0.4, 0.5) is 0 Å². The quantitative estimate of drug-likeness (QED) is 0.624. The first-order valence-electron chi connectivity index (χ1n) is 6.57. The molecule has 108 valence electrons. The molecular weight excluding hydrogens is 268 g/mol. The molecule has 0 radical (unpaired) electrons. The van der Waals surface area contributed by atoms with Gasteiger partial charge in [-0.3, -0.25) is 4.79 Å². The van der Waals surface area contributed by atoms with Gasteiger partial charge >= 0.3 is 5.97 Å². The van der Waals surface area contributed by atoms with Crippen LogP contribution in [0.25, 0.3) is 0 Å². The summed E-state index contributed by atoms with van der Waals surface area (Å²) in [6.07, 6.45) is 0. The molecule has 2 aromatic carbocycles. The summed E-state index contributed by atoms with van der Waals surface area (Å²) in [6.45, 7) is 1.67. The Labute approximate surface area is 123 Å². The Kier molecular flexibility index (Phi) is 4.72. The fourth-order valence-electron chi connectivity index (χ4n) is 1.90. The normalized spacial score (nSPS) is 11.5. The first-order chi connectivity index (χ1) is 10.1. The molecule has 0 aromatic heterocycles. The predicted molar refractivity (Wildman–Crippen MR) is 78.4 cm³/mol. The third kappa shape index (κ3) is 3.69. The molecule has 0 fully saturated rings. The van der Waals surface area contributed by atoms with E-state index in [9.17, 15) is 9.59 Å². The number of Topliss-reactive ketones (excluding diaryl/α,β-unsaturated/α-hetero) is 1. The Morgan fingerprint density at radius 2 is 1.62 bits per heavy atom. The number of esters is 1. The van der Waals surface area contributed by atoms with E-state index in [-0.39, 0.29) is 0 Å². The molecule has 2 rings (SSSR count). The van der Waals surface area contributed by atoms with Crippen molar-refractivity contribution >= 4 is 11.8 Å². The smallest absolute Gasteiger partial charge is 0.374 e. The zero-order chi connectivity index (χ0) is 15.2. The Bertz CT molecular complexity index is 634. The highest BCUT2D eigenvalue weighted by molar-refractivity contribution is 6.35. The number of hydrogen-bond donors (Lipinski definition) is 0. The number of hydrogen-bond acceptors (Lipinski definition) is 4. The number of carbonyl (C=O) groups excluding carboxylic acids is 2. The van der Waals surface area contributed by atoms with E-state index in [1.807, 2.05) is 30.3 Å². The molecule has 0 aliphatic carbocycles. The van der Waals surface area contributed by atoms with Gasteiger partial charge in [0.1, 0.15) is 11.5 Å². The minimum absolute atomic E-state index is 0.572. The number of ketones is 1. The van der Waals surface area contributed by atoms with Crippen molar-refractivity contribution in [1.29, 1.82) is 0 Å². The van der Waals surface area contributed by atoms with Gasteiger partial charge in [0.05, 0.1) is 13.0 Å². The van der Waals surface area contributed by atoms with Crippen LogP contribution in [0.3, 0.4) is 0 Å². The maximum absolute atomic E-state index is 11.8. The molecule has 0 saturated heterocycles. The van der Waals surface area contributed by atoms with E-state index >= 15 is 0 Å². The van der Waals surface area contributed by atoms with E-state index in [0.717, 1.165) is 0 Å². The van der Waals surface area contributed by atoms with E-state index in [2.05, 4.69) is 4.74 Å². The molecule has 2 aromatic rings. The molecule has 0 aliphatic heterocycles. The van der Waals surface area contributed by atoms with Crippen molar-refractivity contribution in [2.75, 3.05) is 7.11 Å². The summed E-state index contributed by atoms with van der Waals surface area (Å²) in [5.74, 6) is -0.659. The van der Waals surface area contributed by atoms with Crippen molar-refractivity contribution in [1.82, 2.24) is 0 Å². The summed E-state index contributed by atoms with van der Waals surface area (Å²) >= 11 is 0. The summed E-state index contributed by atoms with van der Waals surface area (Å²) < 4.78 is 10.2. The molecular formula is C17H16O4.